The number of fused-ring (bicyclic) bond motifs is 1. The number of aromatic amines is 1. The highest BCUT2D eigenvalue weighted by atomic mass is 16.5. The van der Waals surface area contributed by atoms with Crippen LogP contribution in [0.5, 0.6) is 5.75 Å². The Hall–Kier alpha value is -4.59. The van der Waals surface area contributed by atoms with Crippen LogP contribution in [0.3, 0.4) is 0 Å². The fourth-order valence-corrected chi connectivity index (χ4v) is 4.84. The maximum Gasteiger partial charge on any atom is 0.274 e. The first-order valence-electron chi connectivity index (χ1n) is 12.5. The van der Waals surface area contributed by atoms with Crippen molar-refractivity contribution in [1.82, 2.24) is 14.9 Å². The molecule has 1 atom stereocenters. The molecule has 38 heavy (non-hydrogen) atoms. The number of nitrogens with one attached hydrogen (secondary N) is 1. The number of aromatic nitrogens is 2. The molecular formula is C30H30N4O4. The van der Waals surface area contributed by atoms with Gasteiger partial charge in [0.1, 0.15) is 17.2 Å². The van der Waals surface area contributed by atoms with Crippen molar-refractivity contribution in [2.24, 2.45) is 0 Å². The molecule has 8 heteroatoms. The third-order valence-corrected chi connectivity index (χ3v) is 6.85. The average Bonchev–Trinajstić information content (AvgIpc) is 2.92. The molecule has 8 nitrogen and oxygen atoms in total. The molecule has 0 radical (unpaired) electrons. The molecule has 0 aliphatic carbocycles. The summed E-state index contributed by atoms with van der Waals surface area (Å²) >= 11 is 0. The first kappa shape index (κ1) is 25.1. The predicted octanol–water partition coefficient (Wildman–Crippen LogP) is 4.65. The van der Waals surface area contributed by atoms with Crippen LogP contribution in [0.1, 0.15) is 34.1 Å². The number of piperazine rings is 1. The number of benzene rings is 3. The lowest BCUT2D eigenvalue weighted by atomic mass is 10.1. The van der Waals surface area contributed by atoms with Crippen LogP contribution in [0, 0.1) is 6.92 Å². The summed E-state index contributed by atoms with van der Waals surface area (Å²) < 4.78 is 5.19. The van der Waals surface area contributed by atoms with Gasteiger partial charge in [-0.1, -0.05) is 24.3 Å². The van der Waals surface area contributed by atoms with Crippen LogP contribution in [-0.4, -0.2) is 58.7 Å². The predicted molar refractivity (Wildman–Crippen MR) is 150 cm³/mol. The molecule has 1 aromatic heterocycles. The number of amides is 1. The van der Waals surface area contributed by atoms with Gasteiger partial charge in [-0.05, 0) is 61.9 Å². The Kier molecular flexibility index (Phi) is 6.87. The zero-order valence-corrected chi connectivity index (χ0v) is 21.6. The Morgan fingerprint density at radius 1 is 1.08 bits per heavy atom. The van der Waals surface area contributed by atoms with Crippen LogP contribution in [-0.2, 0) is 0 Å². The Bertz CT molecular complexity index is 1590. The van der Waals surface area contributed by atoms with Crippen molar-refractivity contribution in [2.75, 3.05) is 31.6 Å². The minimum Gasteiger partial charge on any atom is -0.507 e. The first-order valence-corrected chi connectivity index (χ1v) is 12.5. The second-order valence-electron chi connectivity index (χ2n) is 9.58. The van der Waals surface area contributed by atoms with Gasteiger partial charge in [-0.3, -0.25) is 9.59 Å². The van der Waals surface area contributed by atoms with E-state index in [2.05, 4.69) is 53.0 Å². The second kappa shape index (κ2) is 10.4. The first-order chi connectivity index (χ1) is 18.3. The molecule has 1 aliphatic heterocycles. The molecule has 1 unspecified atom stereocenters. The maximum atomic E-state index is 13.3. The van der Waals surface area contributed by atoms with Crippen molar-refractivity contribution in [1.29, 1.82) is 0 Å². The molecule has 2 heterocycles. The number of hydrogen-bond donors (Lipinski definition) is 2. The zero-order chi connectivity index (χ0) is 26.8. The number of carbonyl (C=O) groups excluding carboxylic acids is 1. The van der Waals surface area contributed by atoms with E-state index in [4.69, 9.17) is 4.74 Å². The summed E-state index contributed by atoms with van der Waals surface area (Å²) in [5.74, 6) is 0.404. The van der Waals surface area contributed by atoms with E-state index in [0.717, 1.165) is 6.54 Å². The van der Waals surface area contributed by atoms with Crippen molar-refractivity contribution < 1.29 is 14.6 Å². The Morgan fingerprint density at radius 3 is 2.66 bits per heavy atom. The highest BCUT2D eigenvalue weighted by Gasteiger charge is 2.27. The topological polar surface area (TPSA) is 98.8 Å². The van der Waals surface area contributed by atoms with Crippen molar-refractivity contribution in [3.05, 3.63) is 99.5 Å². The minimum absolute atomic E-state index is 0.0676. The van der Waals surface area contributed by atoms with Gasteiger partial charge in [0.15, 0.2) is 0 Å². The molecule has 0 spiro atoms. The van der Waals surface area contributed by atoms with Crippen LogP contribution in [0.2, 0.25) is 0 Å². The second-order valence-corrected chi connectivity index (χ2v) is 9.58. The van der Waals surface area contributed by atoms with Gasteiger partial charge < -0.3 is 24.6 Å². The quantitative estimate of drug-likeness (QED) is 0.380. The molecule has 2 N–H and O–H groups in total. The number of rotatable bonds is 5. The van der Waals surface area contributed by atoms with E-state index in [-0.39, 0.29) is 23.4 Å². The number of ether oxygens (including phenoxy) is 1. The maximum absolute atomic E-state index is 13.3. The fourth-order valence-electron chi connectivity index (χ4n) is 4.84. The van der Waals surface area contributed by atoms with E-state index in [1.807, 2.05) is 4.90 Å². The highest BCUT2D eigenvalue weighted by Crippen LogP contribution is 2.24. The van der Waals surface area contributed by atoms with E-state index >= 15 is 0 Å². The molecule has 1 saturated heterocycles. The molecule has 0 saturated carbocycles. The summed E-state index contributed by atoms with van der Waals surface area (Å²) in [5, 5.41) is 10.5. The molecule has 3 aromatic carbocycles. The molecular weight excluding hydrogens is 480 g/mol. The van der Waals surface area contributed by atoms with Crippen LogP contribution < -0.4 is 15.2 Å². The number of aliphatic hydroxyl groups excluding tert-OH is 1. The van der Waals surface area contributed by atoms with Gasteiger partial charge in [0.25, 0.3) is 11.5 Å². The number of methoxy groups -OCH3 is 1. The highest BCUT2D eigenvalue weighted by molar-refractivity contribution is 5.97. The summed E-state index contributed by atoms with van der Waals surface area (Å²) in [6.45, 7) is 6.16. The van der Waals surface area contributed by atoms with Crippen molar-refractivity contribution in [2.45, 2.75) is 19.9 Å². The molecule has 194 valence electrons. The largest absolute Gasteiger partial charge is 0.507 e. The number of H-pyrrole nitrogens is 1. The SMILES string of the molecule is COc1cccc(/C(O)=C/c2nc3ccc(C(=O)N4CCN(c5cccc(C)c5)C(C)C4)cc3[nH]c2=O)c1. The lowest BCUT2D eigenvalue weighted by molar-refractivity contribution is 0.0726. The van der Waals surface area contributed by atoms with Crippen LogP contribution in [0.4, 0.5) is 5.69 Å². The van der Waals surface area contributed by atoms with Crippen molar-refractivity contribution in [3.8, 4) is 5.75 Å². The number of aliphatic hydroxyl groups is 1. The molecule has 4 aromatic rings. The summed E-state index contributed by atoms with van der Waals surface area (Å²) in [4.78, 5) is 37.5. The molecule has 0 bridgehead atoms. The summed E-state index contributed by atoms with van der Waals surface area (Å²) in [6, 6.07) is 20.6. The van der Waals surface area contributed by atoms with Gasteiger partial charge in [-0.2, -0.15) is 0 Å². The van der Waals surface area contributed by atoms with E-state index in [9.17, 15) is 14.7 Å². The summed E-state index contributed by atoms with van der Waals surface area (Å²) in [6.07, 6.45) is 1.32. The van der Waals surface area contributed by atoms with Gasteiger partial charge in [0.2, 0.25) is 0 Å². The minimum atomic E-state index is -0.461. The van der Waals surface area contributed by atoms with Gasteiger partial charge in [0, 0.05) is 48.6 Å². The number of aryl methyl sites for hydroxylation is 1. The molecule has 1 aliphatic rings. The Morgan fingerprint density at radius 2 is 1.89 bits per heavy atom. The summed E-state index contributed by atoms with van der Waals surface area (Å²) in [7, 11) is 1.54. The van der Waals surface area contributed by atoms with Crippen molar-refractivity contribution >= 4 is 34.5 Å². The number of anilines is 1. The molecule has 1 amide bonds. The van der Waals surface area contributed by atoms with Crippen LogP contribution in [0.25, 0.3) is 22.9 Å². The molecule has 5 rings (SSSR count). The summed E-state index contributed by atoms with van der Waals surface area (Å²) in [5.41, 5.74) is 3.96. The third-order valence-electron chi connectivity index (χ3n) is 6.85. The lowest BCUT2D eigenvalue weighted by Crippen LogP contribution is -2.53. The third kappa shape index (κ3) is 5.11. The number of carbonyl (C=O) groups is 1. The van der Waals surface area contributed by atoms with Crippen LogP contribution in [0.15, 0.2) is 71.5 Å². The number of hydrogen-bond acceptors (Lipinski definition) is 6. The van der Waals surface area contributed by atoms with Gasteiger partial charge in [-0.15, -0.1) is 0 Å². The van der Waals surface area contributed by atoms with Crippen LogP contribution >= 0.6 is 0 Å². The van der Waals surface area contributed by atoms with Gasteiger partial charge in [0.05, 0.1) is 18.1 Å². The zero-order valence-electron chi connectivity index (χ0n) is 21.6. The smallest absolute Gasteiger partial charge is 0.274 e. The Balaban J connectivity index is 1.35. The standard InChI is InChI=1S/C30H30N4O4/c1-19-6-4-8-23(14-19)34-13-12-33(18-20(34)2)30(37)22-10-11-25-26(16-22)32-29(36)27(31-25)17-28(35)21-7-5-9-24(15-21)38-3/h4-11,14-17,20,35H,12-13,18H2,1-3H3,(H,32,36)/b28-17-. The monoisotopic (exact) mass is 510 g/mol. The average molecular weight is 511 g/mol. The van der Waals surface area contributed by atoms with E-state index in [1.54, 1.807) is 49.6 Å². The van der Waals surface area contributed by atoms with Gasteiger partial charge in [-0.25, -0.2) is 4.98 Å². The lowest BCUT2D eigenvalue weighted by Gasteiger charge is -2.41. The van der Waals surface area contributed by atoms with E-state index in [0.29, 0.717) is 41.0 Å². The van der Waals surface area contributed by atoms with E-state index in [1.165, 1.54) is 17.3 Å². The fraction of sp³-hybridized carbons (Fsp3) is 0.233. The molecule has 1 fully saturated rings. The Labute approximate surface area is 220 Å². The number of nitrogens with zero attached hydrogens (tertiary/aromatic N) is 3. The normalized spacial score (nSPS) is 16.1. The van der Waals surface area contributed by atoms with E-state index < -0.39 is 5.56 Å². The van der Waals surface area contributed by atoms with Crippen molar-refractivity contribution in [3.63, 3.8) is 0 Å². The van der Waals surface area contributed by atoms with Gasteiger partial charge >= 0.3 is 0 Å².